The van der Waals surface area contributed by atoms with Gasteiger partial charge in [0.15, 0.2) is 5.96 Å². The summed E-state index contributed by atoms with van der Waals surface area (Å²) in [4.78, 5) is 93.6. The number of hydrogen-bond acceptors (Lipinski definition) is 10. The SMILES string of the molecule is CCn1cc(C(=O)O)c(=O)c2cc(F)c(N3CCN(C(=O)OCc4ccc(NC(=O)[C@H](CCNC(=N)NC)NC(=O)[C@@H](NC(=O)CCCC(=O)N(C)C)C(C)C)cc4)CC3)cc21. The van der Waals surface area contributed by atoms with E-state index >= 15 is 4.39 Å². The lowest BCUT2D eigenvalue weighted by Gasteiger charge is -2.35. The van der Waals surface area contributed by atoms with Gasteiger partial charge in [-0.15, -0.1) is 0 Å². The van der Waals surface area contributed by atoms with Gasteiger partial charge in [-0.3, -0.25) is 29.4 Å². The lowest BCUT2D eigenvalue weighted by atomic mass is 10.0. The Morgan fingerprint density at radius 2 is 1.65 bits per heavy atom. The number of carboxylic acids is 1. The number of ether oxygens (including phenoxy) is 1. The van der Waals surface area contributed by atoms with Crippen molar-refractivity contribution in [3.05, 3.63) is 69.8 Å². The number of aromatic nitrogens is 1. The molecule has 20 heteroatoms. The molecule has 336 valence electrons. The van der Waals surface area contributed by atoms with Gasteiger partial charge in [-0.1, -0.05) is 26.0 Å². The van der Waals surface area contributed by atoms with Crippen molar-refractivity contribution in [2.45, 2.75) is 71.7 Å². The van der Waals surface area contributed by atoms with Gasteiger partial charge >= 0.3 is 12.1 Å². The number of aromatic carboxylic acids is 1. The predicted octanol–water partition coefficient (Wildman–Crippen LogP) is 2.27. The van der Waals surface area contributed by atoms with Crippen LogP contribution in [0.2, 0.25) is 0 Å². The Kier molecular flexibility index (Phi) is 17.2. The van der Waals surface area contributed by atoms with E-state index < -0.39 is 58.7 Å². The van der Waals surface area contributed by atoms with Gasteiger partial charge in [-0.25, -0.2) is 14.0 Å². The summed E-state index contributed by atoms with van der Waals surface area (Å²) >= 11 is 0. The van der Waals surface area contributed by atoms with Crippen LogP contribution < -0.4 is 36.9 Å². The Labute approximate surface area is 358 Å². The highest BCUT2D eigenvalue weighted by atomic mass is 19.1. The number of guanidine groups is 1. The standard InChI is InChI=1S/C42H57FN10O9/c1-7-51-23-29(40(59)60)37(56)28-21-30(43)33(22-32(28)51)52-17-19-53(20-18-52)42(61)62-24-26-11-13-27(14-12-26)47-38(57)31(15-16-46-41(44)45-4)48-39(58)36(25(2)3)49-34(54)9-8-10-35(55)50(5)6/h11-14,21-23,25,31,36H,7-10,15-20,24H2,1-6H3,(H,47,57)(H,48,58)(H,49,54)(H,59,60)(H3,44,45,46)/t31-,36-/m0/s1. The van der Waals surface area contributed by atoms with Gasteiger partial charge in [0.1, 0.15) is 30.1 Å². The van der Waals surface area contributed by atoms with Crippen LogP contribution in [0.15, 0.2) is 47.4 Å². The average Bonchev–Trinajstić information content (AvgIpc) is 3.24. The molecule has 3 aromatic rings. The first-order valence-electron chi connectivity index (χ1n) is 20.4. The Bertz CT molecular complexity index is 2190. The molecule has 1 fully saturated rings. The van der Waals surface area contributed by atoms with E-state index in [4.69, 9.17) is 10.1 Å². The Balaban J connectivity index is 1.32. The molecule has 0 unspecified atom stereocenters. The second-order valence-corrected chi connectivity index (χ2v) is 15.3. The summed E-state index contributed by atoms with van der Waals surface area (Å²) in [7, 11) is 4.82. The zero-order valence-corrected chi connectivity index (χ0v) is 35.9. The van der Waals surface area contributed by atoms with Gasteiger partial charge < -0.3 is 55.7 Å². The number of anilines is 2. The van der Waals surface area contributed by atoms with Crippen molar-refractivity contribution in [3.8, 4) is 0 Å². The lowest BCUT2D eigenvalue weighted by molar-refractivity contribution is -0.132. The molecule has 5 amide bonds. The molecule has 19 nitrogen and oxygen atoms in total. The zero-order valence-electron chi connectivity index (χ0n) is 35.9. The van der Waals surface area contributed by atoms with Gasteiger partial charge in [-0.05, 0) is 55.5 Å². The highest BCUT2D eigenvalue weighted by molar-refractivity contribution is 5.98. The van der Waals surface area contributed by atoms with E-state index in [-0.39, 0.29) is 87.5 Å². The summed E-state index contributed by atoms with van der Waals surface area (Å²) in [6.45, 7) is 6.76. The average molecular weight is 865 g/mol. The second kappa shape index (κ2) is 22.2. The van der Waals surface area contributed by atoms with E-state index in [1.54, 1.807) is 75.6 Å². The fraction of sp³-hybridized carbons (Fsp3) is 0.476. The molecule has 0 radical (unpaired) electrons. The minimum atomic E-state index is -1.39. The van der Waals surface area contributed by atoms with Crippen LogP contribution in [0.25, 0.3) is 10.9 Å². The van der Waals surface area contributed by atoms with E-state index in [0.29, 0.717) is 29.7 Å². The molecule has 7 N–H and O–H groups in total. The van der Waals surface area contributed by atoms with Crippen LogP contribution >= 0.6 is 0 Å². The number of amides is 5. The number of carboxylic acid groups (broad SMARTS) is 1. The highest BCUT2D eigenvalue weighted by Gasteiger charge is 2.30. The van der Waals surface area contributed by atoms with Gasteiger partial charge in [-0.2, -0.15) is 0 Å². The summed E-state index contributed by atoms with van der Waals surface area (Å²) in [5, 5.41) is 30.9. The van der Waals surface area contributed by atoms with Crippen molar-refractivity contribution >= 4 is 63.9 Å². The smallest absolute Gasteiger partial charge is 0.410 e. The molecule has 4 rings (SSSR count). The molecule has 1 aliphatic heterocycles. The maximum absolute atomic E-state index is 15.3. The topological polar surface area (TPSA) is 248 Å². The normalized spacial score (nSPS) is 13.5. The molecule has 0 saturated carbocycles. The second-order valence-electron chi connectivity index (χ2n) is 15.3. The number of hydrogen-bond donors (Lipinski definition) is 7. The van der Waals surface area contributed by atoms with Crippen LogP contribution in [0.3, 0.4) is 0 Å². The molecule has 2 heterocycles. The predicted molar refractivity (Wildman–Crippen MR) is 230 cm³/mol. The fourth-order valence-corrected chi connectivity index (χ4v) is 6.70. The van der Waals surface area contributed by atoms with E-state index in [1.165, 1.54) is 22.1 Å². The van der Waals surface area contributed by atoms with E-state index in [1.807, 2.05) is 0 Å². The molecule has 0 aliphatic carbocycles. The zero-order chi connectivity index (χ0) is 45.7. The molecular formula is C42H57FN10O9. The number of pyridine rings is 1. The molecule has 1 saturated heterocycles. The van der Waals surface area contributed by atoms with Crippen LogP contribution in [0, 0.1) is 17.1 Å². The van der Waals surface area contributed by atoms with Gasteiger partial charge in [0.25, 0.3) is 0 Å². The number of fused-ring (bicyclic) bond motifs is 1. The quantitative estimate of drug-likeness (QED) is 0.0720. The summed E-state index contributed by atoms with van der Waals surface area (Å²) in [5.74, 6) is -3.99. The van der Waals surface area contributed by atoms with Crippen molar-refractivity contribution in [3.63, 3.8) is 0 Å². The number of aryl methyl sites for hydroxylation is 1. The van der Waals surface area contributed by atoms with Crippen molar-refractivity contribution in [2.75, 3.05) is 64.1 Å². The maximum atomic E-state index is 15.3. The van der Waals surface area contributed by atoms with Gasteiger partial charge in [0, 0.05) is 90.5 Å². The molecule has 2 atom stereocenters. The fourth-order valence-electron chi connectivity index (χ4n) is 6.70. The van der Waals surface area contributed by atoms with E-state index in [2.05, 4.69) is 26.6 Å². The third-order valence-corrected chi connectivity index (χ3v) is 10.4. The Morgan fingerprint density at radius 3 is 2.24 bits per heavy atom. The lowest BCUT2D eigenvalue weighted by Crippen LogP contribution is -2.55. The molecule has 2 aromatic carbocycles. The van der Waals surface area contributed by atoms with Gasteiger partial charge in [0.05, 0.1) is 11.2 Å². The van der Waals surface area contributed by atoms with Crippen molar-refractivity contribution in [1.82, 2.24) is 35.6 Å². The molecule has 1 aromatic heterocycles. The highest BCUT2D eigenvalue weighted by Crippen LogP contribution is 2.27. The third kappa shape index (κ3) is 12.9. The number of piperazine rings is 1. The first-order valence-corrected chi connectivity index (χ1v) is 20.4. The molecular weight excluding hydrogens is 808 g/mol. The molecule has 1 aliphatic rings. The number of carbonyl (C=O) groups is 6. The third-order valence-electron chi connectivity index (χ3n) is 10.4. The van der Waals surface area contributed by atoms with E-state index in [9.17, 15) is 38.7 Å². The number of rotatable bonds is 18. The molecule has 62 heavy (non-hydrogen) atoms. The van der Waals surface area contributed by atoms with Crippen molar-refractivity contribution in [2.24, 2.45) is 5.92 Å². The number of benzene rings is 2. The summed E-state index contributed by atoms with van der Waals surface area (Å²) in [6, 6.07) is 7.14. The summed E-state index contributed by atoms with van der Waals surface area (Å²) in [6.07, 6.45) is 1.32. The van der Waals surface area contributed by atoms with Crippen molar-refractivity contribution < 1.29 is 43.0 Å². The Morgan fingerprint density at radius 1 is 0.968 bits per heavy atom. The minimum absolute atomic E-state index is 0.0242. The first kappa shape index (κ1) is 47.9. The number of nitrogens with zero attached hydrogens (tertiary/aromatic N) is 4. The van der Waals surface area contributed by atoms with Crippen LogP contribution in [0.4, 0.5) is 20.6 Å². The molecule has 0 spiro atoms. The van der Waals surface area contributed by atoms with Gasteiger partial charge in [0.2, 0.25) is 29.1 Å². The van der Waals surface area contributed by atoms with Crippen LogP contribution in [0.5, 0.6) is 0 Å². The van der Waals surface area contributed by atoms with Crippen molar-refractivity contribution in [1.29, 1.82) is 5.41 Å². The Hall–Kier alpha value is -6.73. The van der Waals surface area contributed by atoms with Crippen LogP contribution in [-0.2, 0) is 37.1 Å². The maximum Gasteiger partial charge on any atom is 0.410 e. The largest absolute Gasteiger partial charge is 0.477 e. The van der Waals surface area contributed by atoms with E-state index in [0.717, 1.165) is 6.07 Å². The first-order chi connectivity index (χ1) is 29.4. The molecule has 0 bridgehead atoms. The van der Waals surface area contributed by atoms with Crippen LogP contribution in [-0.4, -0.2) is 127 Å². The minimum Gasteiger partial charge on any atom is -0.477 e. The monoisotopic (exact) mass is 864 g/mol. The number of nitrogens with one attached hydrogen (secondary N) is 6. The summed E-state index contributed by atoms with van der Waals surface area (Å²) in [5.41, 5.74) is 0.455. The number of carbonyl (C=O) groups excluding carboxylic acids is 5. The van der Waals surface area contributed by atoms with Crippen LogP contribution in [0.1, 0.15) is 62.4 Å². The number of halogens is 1. The summed E-state index contributed by atoms with van der Waals surface area (Å²) < 4.78 is 22.5.